The Labute approximate surface area is 94.0 Å². The fourth-order valence-corrected chi connectivity index (χ4v) is 2.82. The van der Waals surface area contributed by atoms with Crippen molar-refractivity contribution in [2.75, 3.05) is 0 Å². The summed E-state index contributed by atoms with van der Waals surface area (Å²) in [6, 6.07) is 0. The lowest BCUT2D eigenvalue weighted by atomic mass is 9.72. The lowest BCUT2D eigenvalue weighted by Crippen LogP contribution is -2.20. The molecular formula is C12H17BrO. The smallest absolute Gasteiger partial charge is 0.105 e. The Hall–Kier alpha value is -0.240. The summed E-state index contributed by atoms with van der Waals surface area (Å²) < 4.78 is 6.34. The fourth-order valence-electron chi connectivity index (χ4n) is 2.29. The van der Waals surface area contributed by atoms with Crippen LogP contribution in [0, 0.1) is 5.41 Å². The molecule has 1 aliphatic rings. The molecule has 0 bridgehead atoms. The van der Waals surface area contributed by atoms with E-state index in [1.54, 1.807) is 6.26 Å². The van der Waals surface area contributed by atoms with E-state index in [0.29, 0.717) is 11.3 Å². The van der Waals surface area contributed by atoms with Crippen LogP contribution in [0.25, 0.3) is 0 Å². The van der Waals surface area contributed by atoms with E-state index in [-0.39, 0.29) is 0 Å². The van der Waals surface area contributed by atoms with Gasteiger partial charge in [-0.25, -0.2) is 0 Å². The van der Waals surface area contributed by atoms with Gasteiger partial charge in [-0.1, -0.05) is 13.8 Å². The Morgan fingerprint density at radius 3 is 2.43 bits per heavy atom. The van der Waals surface area contributed by atoms with Crippen LogP contribution < -0.4 is 0 Å². The van der Waals surface area contributed by atoms with Crippen LogP contribution in [-0.2, 0) is 0 Å². The van der Waals surface area contributed by atoms with E-state index in [4.69, 9.17) is 4.42 Å². The molecule has 2 heteroatoms. The molecule has 0 aromatic carbocycles. The molecule has 0 N–H and O–H groups in total. The van der Waals surface area contributed by atoms with Crippen molar-refractivity contribution in [3.8, 4) is 0 Å². The van der Waals surface area contributed by atoms with Gasteiger partial charge in [-0.15, -0.1) is 0 Å². The van der Waals surface area contributed by atoms with Crippen molar-refractivity contribution >= 4 is 15.9 Å². The first-order chi connectivity index (χ1) is 6.58. The molecule has 0 amide bonds. The first-order valence-electron chi connectivity index (χ1n) is 5.30. The maximum atomic E-state index is 5.20. The molecule has 1 aromatic heterocycles. The van der Waals surface area contributed by atoms with Crippen LogP contribution in [0.15, 0.2) is 21.4 Å². The molecule has 1 heterocycles. The molecule has 0 spiro atoms. The van der Waals surface area contributed by atoms with Gasteiger partial charge < -0.3 is 4.42 Å². The maximum Gasteiger partial charge on any atom is 0.105 e. The summed E-state index contributed by atoms with van der Waals surface area (Å²) >= 11 is 3.54. The van der Waals surface area contributed by atoms with Crippen LogP contribution in [0.5, 0.6) is 0 Å². The standard InChI is InChI=1S/C12H17BrO/c1-12(2)5-3-9(4-6-12)10-7-14-8-11(10)13/h7-9H,3-6H2,1-2H3. The minimum atomic E-state index is 0.548. The third-order valence-corrected chi connectivity index (χ3v) is 4.07. The predicted molar refractivity (Wildman–Crippen MR) is 61.4 cm³/mol. The predicted octanol–water partition coefficient (Wildman–Crippen LogP) is 4.73. The normalized spacial score (nSPS) is 22.5. The lowest BCUT2D eigenvalue weighted by Gasteiger charge is -2.34. The summed E-state index contributed by atoms with van der Waals surface area (Å²) in [6.45, 7) is 4.74. The molecule has 2 rings (SSSR count). The highest BCUT2D eigenvalue weighted by atomic mass is 79.9. The Kier molecular flexibility index (Phi) is 2.74. The molecule has 0 radical (unpaired) electrons. The topological polar surface area (TPSA) is 13.1 Å². The molecule has 0 aliphatic heterocycles. The van der Waals surface area contributed by atoms with Crippen molar-refractivity contribution in [1.29, 1.82) is 0 Å². The van der Waals surface area contributed by atoms with Crippen LogP contribution in [0.4, 0.5) is 0 Å². The first kappa shape index (κ1) is 10.3. The SMILES string of the molecule is CC1(C)CCC(c2cocc2Br)CC1. The van der Waals surface area contributed by atoms with Gasteiger partial charge in [0.2, 0.25) is 0 Å². The first-order valence-corrected chi connectivity index (χ1v) is 6.09. The summed E-state index contributed by atoms with van der Waals surface area (Å²) in [5.41, 5.74) is 1.91. The molecule has 78 valence electrons. The molecule has 0 unspecified atom stereocenters. The summed E-state index contributed by atoms with van der Waals surface area (Å²) in [5, 5.41) is 0. The van der Waals surface area contributed by atoms with Crippen molar-refractivity contribution in [3.63, 3.8) is 0 Å². The number of hydrogen-bond acceptors (Lipinski definition) is 1. The molecule has 1 nitrogen and oxygen atoms in total. The third kappa shape index (κ3) is 2.05. The molecule has 0 saturated heterocycles. The Bertz CT molecular complexity index is 304. The molecule has 0 atom stereocenters. The summed E-state index contributed by atoms with van der Waals surface area (Å²) in [5.74, 6) is 0.705. The average Bonchev–Trinajstić information content (AvgIpc) is 2.52. The van der Waals surface area contributed by atoms with Gasteiger partial charge in [-0.05, 0) is 52.9 Å². The van der Waals surface area contributed by atoms with Crippen LogP contribution >= 0.6 is 15.9 Å². The minimum absolute atomic E-state index is 0.548. The molecule has 1 saturated carbocycles. The zero-order valence-corrected chi connectivity index (χ0v) is 10.4. The van der Waals surface area contributed by atoms with Gasteiger partial charge in [0, 0.05) is 5.56 Å². The zero-order chi connectivity index (χ0) is 10.2. The Balaban J connectivity index is 2.06. The van der Waals surface area contributed by atoms with Crippen LogP contribution in [-0.4, -0.2) is 0 Å². The molecular weight excluding hydrogens is 240 g/mol. The van der Waals surface area contributed by atoms with Gasteiger partial charge in [0.15, 0.2) is 0 Å². The summed E-state index contributed by atoms with van der Waals surface area (Å²) in [4.78, 5) is 0. The average molecular weight is 257 g/mol. The zero-order valence-electron chi connectivity index (χ0n) is 8.85. The Morgan fingerprint density at radius 2 is 1.93 bits per heavy atom. The van der Waals surface area contributed by atoms with Crippen LogP contribution in [0.3, 0.4) is 0 Å². The largest absolute Gasteiger partial charge is 0.471 e. The van der Waals surface area contributed by atoms with E-state index in [9.17, 15) is 0 Å². The highest BCUT2D eigenvalue weighted by Gasteiger charge is 2.28. The van der Waals surface area contributed by atoms with E-state index in [2.05, 4.69) is 29.8 Å². The van der Waals surface area contributed by atoms with Gasteiger partial charge in [0.1, 0.15) is 6.26 Å². The van der Waals surface area contributed by atoms with E-state index >= 15 is 0 Å². The van der Waals surface area contributed by atoms with Crippen molar-refractivity contribution in [1.82, 2.24) is 0 Å². The van der Waals surface area contributed by atoms with E-state index in [1.807, 2.05) is 6.26 Å². The molecule has 1 fully saturated rings. The van der Waals surface area contributed by atoms with Crippen LogP contribution in [0.1, 0.15) is 51.0 Å². The number of halogens is 1. The molecule has 1 aliphatic carbocycles. The van der Waals surface area contributed by atoms with E-state index in [0.717, 1.165) is 4.47 Å². The van der Waals surface area contributed by atoms with E-state index in [1.165, 1.54) is 31.2 Å². The maximum absolute atomic E-state index is 5.20. The van der Waals surface area contributed by atoms with Crippen LogP contribution in [0.2, 0.25) is 0 Å². The molecule has 1 aromatic rings. The highest BCUT2D eigenvalue weighted by molar-refractivity contribution is 9.10. The van der Waals surface area contributed by atoms with Gasteiger partial charge in [0.25, 0.3) is 0 Å². The van der Waals surface area contributed by atoms with Gasteiger partial charge in [-0.2, -0.15) is 0 Å². The van der Waals surface area contributed by atoms with Gasteiger partial charge >= 0.3 is 0 Å². The van der Waals surface area contributed by atoms with Crippen molar-refractivity contribution < 1.29 is 4.42 Å². The third-order valence-electron chi connectivity index (χ3n) is 3.42. The lowest BCUT2D eigenvalue weighted by molar-refractivity contribution is 0.224. The van der Waals surface area contributed by atoms with Crippen molar-refractivity contribution in [2.45, 2.75) is 45.4 Å². The Morgan fingerprint density at radius 1 is 1.29 bits per heavy atom. The monoisotopic (exact) mass is 256 g/mol. The van der Waals surface area contributed by atoms with Crippen molar-refractivity contribution in [3.05, 3.63) is 22.6 Å². The second kappa shape index (κ2) is 3.73. The number of hydrogen-bond donors (Lipinski definition) is 0. The number of furan rings is 1. The summed E-state index contributed by atoms with van der Waals surface area (Å²) in [6.07, 6.45) is 8.93. The fraction of sp³-hybridized carbons (Fsp3) is 0.667. The second-order valence-electron chi connectivity index (χ2n) is 5.11. The van der Waals surface area contributed by atoms with E-state index < -0.39 is 0 Å². The van der Waals surface area contributed by atoms with Crippen molar-refractivity contribution in [2.24, 2.45) is 5.41 Å². The number of rotatable bonds is 1. The highest BCUT2D eigenvalue weighted by Crippen LogP contribution is 2.44. The van der Waals surface area contributed by atoms with Gasteiger partial charge in [0.05, 0.1) is 10.7 Å². The second-order valence-corrected chi connectivity index (χ2v) is 5.97. The quantitative estimate of drug-likeness (QED) is 0.709. The summed E-state index contributed by atoms with van der Waals surface area (Å²) in [7, 11) is 0. The minimum Gasteiger partial charge on any atom is -0.471 e. The molecule has 14 heavy (non-hydrogen) atoms. The van der Waals surface area contributed by atoms with Gasteiger partial charge in [-0.3, -0.25) is 0 Å².